The van der Waals surface area contributed by atoms with Gasteiger partial charge in [-0.2, -0.15) is 0 Å². The van der Waals surface area contributed by atoms with Crippen LogP contribution in [0.3, 0.4) is 0 Å². The zero-order valence-electron chi connectivity index (χ0n) is 55.7. The number of carbonyl (C=O) groups is 10. The molecule has 0 aromatic carbocycles. The molecule has 2 aliphatic heterocycles. The van der Waals surface area contributed by atoms with Crippen molar-refractivity contribution in [1.29, 1.82) is 0 Å². The van der Waals surface area contributed by atoms with Crippen LogP contribution in [-0.2, 0) is 71.6 Å². The number of unbranched alkanes of at least 4 members (excludes halogenated alkanes) is 2. The van der Waals surface area contributed by atoms with Crippen LogP contribution in [0.4, 0.5) is 0 Å². The monoisotopic (exact) mass is 1460 g/mol. The summed E-state index contributed by atoms with van der Waals surface area (Å²) in [6.07, 6.45) is -25.6. The van der Waals surface area contributed by atoms with Crippen LogP contribution < -0.4 is 10.6 Å². The van der Waals surface area contributed by atoms with E-state index < -0.39 is 223 Å². The van der Waals surface area contributed by atoms with Gasteiger partial charge in [0.15, 0.2) is 12.6 Å². The fourth-order valence-corrected chi connectivity index (χ4v) is 10.4. The lowest BCUT2D eigenvalue weighted by Gasteiger charge is -2.47. The summed E-state index contributed by atoms with van der Waals surface area (Å²) in [6.45, 7) is -6.26. The maximum Gasteiger partial charge on any atom is 0.320 e. The Morgan fingerprint density at radius 1 is 0.480 bits per heavy atom. The smallest absolute Gasteiger partial charge is 0.320 e. The fraction of sp³-hybridized carbons (Fsp3) is 0.825. The second-order valence-electron chi connectivity index (χ2n) is 24.0. The quantitative estimate of drug-likeness (QED) is 0.0251. The third kappa shape index (κ3) is 37.1. The van der Waals surface area contributed by atoms with Crippen molar-refractivity contribution in [1.82, 2.24) is 40.0 Å². The summed E-state index contributed by atoms with van der Waals surface area (Å²) < 4.78 is 28.7. The van der Waals surface area contributed by atoms with Gasteiger partial charge in [0.2, 0.25) is 0 Å². The molecule has 2 rings (SSSR count). The highest BCUT2D eigenvalue weighted by Crippen LogP contribution is 2.31. The Kier molecular flexibility index (Phi) is 44.6. The number of ether oxygens (including phenoxy) is 5. The van der Waals surface area contributed by atoms with Crippen LogP contribution in [0.15, 0.2) is 0 Å². The minimum Gasteiger partial charge on any atom is -0.480 e. The zero-order valence-corrected chi connectivity index (χ0v) is 55.7. The van der Waals surface area contributed by atoms with Crippen molar-refractivity contribution in [3.63, 3.8) is 0 Å². The Hall–Kier alpha value is -6.22. The number of hydrogen-bond donors (Lipinski definition) is 22. The number of hydrogen-bond acceptors (Lipinski definition) is 33. The van der Waals surface area contributed by atoms with E-state index in [0.717, 1.165) is 21.6 Å². The van der Waals surface area contributed by atoms with E-state index >= 15 is 0 Å². The van der Waals surface area contributed by atoms with Gasteiger partial charge in [0.1, 0.15) is 73.1 Å². The summed E-state index contributed by atoms with van der Waals surface area (Å²) in [5.74, 6) is -12.5. The molecule has 43 heteroatoms. The molecule has 100 heavy (non-hydrogen) atoms. The Morgan fingerprint density at radius 2 is 0.890 bits per heavy atom. The molecule has 17 atom stereocenters. The van der Waals surface area contributed by atoms with Gasteiger partial charge in [0, 0.05) is 52.4 Å². The third-order valence-corrected chi connectivity index (χ3v) is 15.4. The van der Waals surface area contributed by atoms with Crippen molar-refractivity contribution in [2.45, 2.75) is 149 Å². The Balaban J connectivity index is 0.00000460. The van der Waals surface area contributed by atoms with Crippen LogP contribution in [0.5, 0.6) is 0 Å². The molecule has 2 saturated heterocycles. The predicted octanol–water partition coefficient (Wildman–Crippen LogP) is -10.4. The molecular weight excluding hydrogens is 1360 g/mol. The van der Waals surface area contributed by atoms with E-state index in [4.69, 9.17) is 44.1 Å². The molecule has 580 valence electrons. The lowest BCUT2D eigenvalue weighted by Crippen LogP contribution is -2.65. The molecule has 2 heterocycles. The second-order valence-corrected chi connectivity index (χ2v) is 24.0. The first-order chi connectivity index (χ1) is 46.8. The summed E-state index contributed by atoms with van der Waals surface area (Å²) in [4.78, 5) is 120. The number of aliphatic carboxylic acids is 10. The lowest BCUT2D eigenvalue weighted by molar-refractivity contribution is -0.368. The third-order valence-electron chi connectivity index (χ3n) is 15.4. The van der Waals surface area contributed by atoms with Crippen molar-refractivity contribution in [3.8, 4) is 0 Å². The highest BCUT2D eigenvalue weighted by molar-refractivity contribution is 5.75. The van der Waals surface area contributed by atoms with Gasteiger partial charge in [-0.25, -0.2) is 0 Å². The number of aliphatic hydroxyl groups excluding tert-OH is 10. The van der Waals surface area contributed by atoms with Crippen molar-refractivity contribution in [2.75, 3.05) is 152 Å². The molecule has 0 aromatic heterocycles. The van der Waals surface area contributed by atoms with Crippen LogP contribution >= 0.6 is 0 Å². The van der Waals surface area contributed by atoms with E-state index in [1.54, 1.807) is 0 Å². The molecule has 0 aliphatic carbocycles. The topological polar surface area (TPSA) is 665 Å². The maximum absolute atomic E-state index is 12.6. The summed E-state index contributed by atoms with van der Waals surface area (Å²) in [7, 11) is 2.92. The van der Waals surface area contributed by atoms with Crippen molar-refractivity contribution in [2.24, 2.45) is 0 Å². The van der Waals surface area contributed by atoms with E-state index in [1.807, 2.05) is 0 Å². The predicted molar refractivity (Wildman–Crippen MR) is 333 cm³/mol. The Bertz CT molecular complexity index is 2380. The minimum absolute atomic E-state index is 0.0358. The van der Waals surface area contributed by atoms with Crippen LogP contribution in [0.1, 0.15) is 45.4 Å². The van der Waals surface area contributed by atoms with Gasteiger partial charge in [0.05, 0.1) is 90.5 Å². The molecule has 0 bridgehead atoms. The summed E-state index contributed by atoms with van der Waals surface area (Å²) >= 11 is 0. The molecule has 22 N–H and O–H groups in total. The van der Waals surface area contributed by atoms with Crippen LogP contribution in [0.25, 0.3) is 0 Å². The highest BCUT2D eigenvalue weighted by Gasteiger charge is 2.52. The van der Waals surface area contributed by atoms with Gasteiger partial charge >= 0.3 is 59.7 Å². The fourth-order valence-electron chi connectivity index (χ4n) is 10.4. The number of nitrogens with one attached hydrogen (secondary N) is 2. The molecule has 2 aliphatic rings. The number of nitrogens with zero attached hydrogens (tertiary/aromatic N) is 6. The SMILES string of the molecule is CC(O)C(OC1OC(COCC(O)CNCCCCC(C(=O)O)N(CCN(CC(=O)O)CC(=O)O)CCN(CC(=O)O)CC(=O)O)C(OC2OC(CO)C(O)C(O)C2O)C(O)C1O)C(O)C(O)CNCCCCC(C(=O)O)N(C)CCN(CC(=O)O)CC(=O)O.CN(CC(=O)O)CC(=O)O. The molecule has 0 spiro atoms. The van der Waals surface area contributed by atoms with Gasteiger partial charge in [-0.1, -0.05) is 12.8 Å². The summed E-state index contributed by atoms with van der Waals surface area (Å²) in [5.41, 5.74) is 0. The van der Waals surface area contributed by atoms with Crippen LogP contribution in [0, 0.1) is 0 Å². The highest BCUT2D eigenvalue weighted by atomic mass is 16.7. The molecule has 0 amide bonds. The number of rotatable bonds is 55. The van der Waals surface area contributed by atoms with Gasteiger partial charge in [-0.3, -0.25) is 77.3 Å². The Labute approximate surface area is 573 Å². The van der Waals surface area contributed by atoms with Crippen molar-refractivity contribution < 1.29 is 174 Å². The zero-order chi connectivity index (χ0) is 76.1. The first-order valence-corrected chi connectivity index (χ1v) is 31.6. The van der Waals surface area contributed by atoms with E-state index in [0.29, 0.717) is 19.3 Å². The average Bonchev–Trinajstić information content (AvgIpc) is 0.784. The minimum atomic E-state index is -2.11. The number of carboxylic acid groups (broad SMARTS) is 10. The van der Waals surface area contributed by atoms with Crippen LogP contribution in [0.2, 0.25) is 0 Å². The molecule has 0 aromatic rings. The first kappa shape index (κ1) is 91.8. The molecular formula is C57H102N8O35. The second kappa shape index (κ2) is 48.6. The Morgan fingerprint density at radius 3 is 1.31 bits per heavy atom. The largest absolute Gasteiger partial charge is 0.480 e. The van der Waals surface area contributed by atoms with E-state index in [-0.39, 0.29) is 97.8 Å². The number of carboxylic acids is 10. The van der Waals surface area contributed by atoms with E-state index in [1.165, 1.54) is 28.8 Å². The van der Waals surface area contributed by atoms with Gasteiger partial charge in [0.25, 0.3) is 0 Å². The standard InChI is InChI=1S/C52H93N7O31.C5H9NO4/c1-28(61)47(41(76)32(63)18-54-10-5-3-7-30(49(82)83)55(2)11-12-56(19-35(64)65)20-36(66)67)89-52-46(81)44(79)48(90-51-45(80)43(78)42(77)33(25-60)87-51)34(88-52)27-86-26-29(62)17-53-9-6-4-8-31(50(84)85)59(15-13-57(21-37(68)69)22-38(70)71)16-14-58(23-39(72)73)24-40(74)75;1-6(2-4(7)8)3-5(9)10/h28-34,41-48,51-54,60-63,76-81H,3-27H2,1-2H3,(H,64,65)(H,66,67)(H,68,69)(H,70,71)(H,72,73)(H,74,75)(H,82,83)(H,84,85);2-3H2,1H3,(H,7,8)(H,9,10). The normalized spacial score (nSPS) is 23.1. The van der Waals surface area contributed by atoms with E-state index in [9.17, 15) is 130 Å². The van der Waals surface area contributed by atoms with Crippen molar-refractivity contribution in [3.05, 3.63) is 0 Å². The molecule has 2 fully saturated rings. The molecule has 0 radical (unpaired) electrons. The van der Waals surface area contributed by atoms with Gasteiger partial charge < -0.3 is 136 Å². The molecule has 0 saturated carbocycles. The van der Waals surface area contributed by atoms with Crippen LogP contribution in [-0.4, -0.2) is 447 Å². The van der Waals surface area contributed by atoms with Gasteiger partial charge in [-0.15, -0.1) is 0 Å². The number of aliphatic hydroxyl groups is 10. The average molecular weight is 1460 g/mol. The maximum atomic E-state index is 12.6. The van der Waals surface area contributed by atoms with E-state index in [2.05, 4.69) is 10.6 Å². The lowest BCUT2D eigenvalue weighted by atomic mass is 9.96. The van der Waals surface area contributed by atoms with Crippen molar-refractivity contribution >= 4 is 59.7 Å². The van der Waals surface area contributed by atoms with Gasteiger partial charge in [-0.05, 0) is 59.8 Å². The number of likely N-dealkylation sites (N-methyl/N-ethyl adjacent to an activating group) is 2. The summed E-state index contributed by atoms with van der Waals surface area (Å²) in [6, 6.07) is -2.31. The first-order valence-electron chi connectivity index (χ1n) is 31.6. The molecule has 17 unspecified atom stereocenters. The summed E-state index contributed by atoms with van der Waals surface area (Å²) in [5, 5.41) is 206. The molecule has 43 nitrogen and oxygen atoms in total.